The Morgan fingerprint density at radius 1 is 0.947 bits per heavy atom. The fourth-order valence-electron chi connectivity index (χ4n) is 3.85. The summed E-state index contributed by atoms with van der Waals surface area (Å²) in [6, 6.07) is 17.6. The summed E-state index contributed by atoms with van der Waals surface area (Å²) in [6.45, 7) is 1.78. The van der Waals surface area contributed by atoms with Gasteiger partial charge in [0, 0.05) is 36.8 Å². The maximum atomic E-state index is 13.0. The number of hydrogen-bond donors (Lipinski definition) is 1. The molecule has 2 aromatic carbocycles. The summed E-state index contributed by atoms with van der Waals surface area (Å²) in [5, 5.41) is 11.6. The van der Waals surface area contributed by atoms with Crippen LogP contribution in [0.1, 0.15) is 16.3 Å². The predicted molar refractivity (Wildman–Crippen MR) is 140 cm³/mol. The second-order valence-corrected chi connectivity index (χ2v) is 8.25. The van der Waals surface area contributed by atoms with Crippen LogP contribution in [0.2, 0.25) is 0 Å². The number of methoxy groups -OCH3 is 2. The molecule has 0 atom stereocenters. The van der Waals surface area contributed by atoms with Crippen molar-refractivity contribution in [2.24, 2.45) is 7.05 Å². The second kappa shape index (κ2) is 10.4. The Morgan fingerprint density at radius 2 is 1.74 bits per heavy atom. The van der Waals surface area contributed by atoms with Gasteiger partial charge in [0.05, 0.1) is 19.9 Å². The lowest BCUT2D eigenvalue weighted by Crippen LogP contribution is -2.15. The van der Waals surface area contributed by atoms with E-state index >= 15 is 0 Å². The van der Waals surface area contributed by atoms with E-state index in [4.69, 9.17) is 14.2 Å². The SMILES string of the molecule is COc1ccc(OC)c(-c2cc(C(=O)Nc3ccc(Oc4cc(-n5cccn5)nc(C)n4)cc3)n(C)n2)c1. The summed E-state index contributed by atoms with van der Waals surface area (Å²) in [4.78, 5) is 21.8. The van der Waals surface area contributed by atoms with Crippen LogP contribution in [0, 0.1) is 6.92 Å². The van der Waals surface area contributed by atoms with Crippen LogP contribution >= 0.6 is 0 Å². The second-order valence-electron chi connectivity index (χ2n) is 8.25. The Hall–Kier alpha value is -5.19. The lowest BCUT2D eigenvalue weighted by Gasteiger charge is -2.09. The van der Waals surface area contributed by atoms with Crippen molar-refractivity contribution in [3.05, 3.63) is 84.6 Å². The van der Waals surface area contributed by atoms with Crippen molar-refractivity contribution in [2.75, 3.05) is 19.5 Å². The van der Waals surface area contributed by atoms with E-state index < -0.39 is 0 Å². The number of benzene rings is 2. The fraction of sp³-hybridized carbons (Fsp3) is 0.148. The standard InChI is InChI=1S/C27H25N7O4/c1-17-29-25(34-13-5-12-28-34)16-26(30-17)38-19-8-6-18(7-9-19)31-27(35)23-15-22(32-33(23)2)21-14-20(36-3)10-11-24(21)37-4/h5-16H,1-4H3,(H,31,35). The molecule has 0 saturated carbocycles. The molecule has 0 aliphatic rings. The number of nitrogens with zero attached hydrogens (tertiary/aromatic N) is 6. The number of rotatable bonds is 8. The van der Waals surface area contributed by atoms with Gasteiger partial charge < -0.3 is 19.5 Å². The minimum atomic E-state index is -0.308. The molecule has 38 heavy (non-hydrogen) atoms. The molecule has 0 saturated heterocycles. The van der Waals surface area contributed by atoms with Gasteiger partial charge in [0.2, 0.25) is 5.88 Å². The molecule has 0 spiro atoms. The lowest BCUT2D eigenvalue weighted by atomic mass is 10.1. The first-order valence-electron chi connectivity index (χ1n) is 11.6. The third-order valence-corrected chi connectivity index (χ3v) is 5.67. The van der Waals surface area contributed by atoms with Crippen molar-refractivity contribution in [2.45, 2.75) is 6.92 Å². The monoisotopic (exact) mass is 511 g/mol. The van der Waals surface area contributed by atoms with Gasteiger partial charge in [-0.05, 0) is 61.5 Å². The van der Waals surface area contributed by atoms with Crippen LogP contribution in [-0.4, -0.2) is 49.7 Å². The summed E-state index contributed by atoms with van der Waals surface area (Å²) in [6.07, 6.45) is 3.47. The Morgan fingerprint density at radius 3 is 2.45 bits per heavy atom. The molecule has 0 aliphatic heterocycles. The molecular formula is C27H25N7O4. The van der Waals surface area contributed by atoms with Crippen molar-refractivity contribution in [3.63, 3.8) is 0 Å². The van der Waals surface area contributed by atoms with Gasteiger partial charge in [-0.3, -0.25) is 9.48 Å². The third kappa shape index (κ3) is 5.16. The van der Waals surface area contributed by atoms with E-state index in [9.17, 15) is 4.79 Å². The molecule has 3 aromatic heterocycles. The number of hydrogen-bond acceptors (Lipinski definition) is 8. The Labute approximate surface area is 218 Å². The zero-order valence-electron chi connectivity index (χ0n) is 21.2. The van der Waals surface area contributed by atoms with E-state index in [0.29, 0.717) is 51.8 Å². The van der Waals surface area contributed by atoms with Crippen molar-refractivity contribution < 1.29 is 19.0 Å². The van der Waals surface area contributed by atoms with E-state index in [0.717, 1.165) is 5.56 Å². The highest BCUT2D eigenvalue weighted by Crippen LogP contribution is 2.33. The highest BCUT2D eigenvalue weighted by molar-refractivity contribution is 6.03. The van der Waals surface area contributed by atoms with Gasteiger partial charge in [-0.15, -0.1) is 0 Å². The quantitative estimate of drug-likeness (QED) is 0.325. The zero-order valence-corrected chi connectivity index (χ0v) is 21.2. The van der Waals surface area contributed by atoms with E-state index in [1.807, 2.05) is 12.1 Å². The van der Waals surface area contributed by atoms with Crippen molar-refractivity contribution >= 4 is 11.6 Å². The third-order valence-electron chi connectivity index (χ3n) is 5.67. The number of aryl methyl sites for hydroxylation is 2. The maximum absolute atomic E-state index is 13.0. The number of nitrogens with one attached hydrogen (secondary N) is 1. The molecule has 1 N–H and O–H groups in total. The first-order valence-corrected chi connectivity index (χ1v) is 11.6. The van der Waals surface area contributed by atoms with Crippen molar-refractivity contribution in [1.82, 2.24) is 29.5 Å². The summed E-state index contributed by atoms with van der Waals surface area (Å²) in [5.41, 5.74) is 2.29. The average Bonchev–Trinajstić information content (AvgIpc) is 3.59. The topological polar surface area (TPSA) is 118 Å². The van der Waals surface area contributed by atoms with Crippen LogP contribution in [-0.2, 0) is 7.05 Å². The number of aromatic nitrogens is 6. The predicted octanol–water partition coefficient (Wildman–Crippen LogP) is 4.43. The maximum Gasteiger partial charge on any atom is 0.273 e. The molecule has 11 heteroatoms. The van der Waals surface area contributed by atoms with E-state index in [-0.39, 0.29) is 5.91 Å². The smallest absolute Gasteiger partial charge is 0.273 e. The van der Waals surface area contributed by atoms with Crippen LogP contribution in [0.4, 0.5) is 5.69 Å². The molecule has 3 heterocycles. The minimum absolute atomic E-state index is 0.308. The van der Waals surface area contributed by atoms with Crippen molar-refractivity contribution in [3.8, 4) is 40.2 Å². The van der Waals surface area contributed by atoms with E-state index in [1.165, 1.54) is 4.68 Å². The fourth-order valence-corrected chi connectivity index (χ4v) is 3.85. The van der Waals surface area contributed by atoms with E-state index in [1.54, 1.807) is 93.8 Å². The van der Waals surface area contributed by atoms with Gasteiger partial charge in [-0.25, -0.2) is 9.67 Å². The Kier molecular flexibility index (Phi) is 6.72. The molecule has 0 aliphatic carbocycles. The van der Waals surface area contributed by atoms with Crippen LogP contribution in [0.3, 0.4) is 0 Å². The molecule has 0 unspecified atom stereocenters. The average molecular weight is 512 g/mol. The van der Waals surface area contributed by atoms with Gasteiger partial charge in [0.25, 0.3) is 5.91 Å². The molecule has 0 fully saturated rings. The van der Waals surface area contributed by atoms with Crippen LogP contribution in [0.5, 0.6) is 23.1 Å². The summed E-state index contributed by atoms with van der Waals surface area (Å²) in [5.74, 6) is 3.08. The first kappa shape index (κ1) is 24.5. The zero-order chi connectivity index (χ0) is 26.6. The molecule has 5 aromatic rings. The molecule has 192 valence electrons. The number of anilines is 1. The number of carbonyl (C=O) groups is 1. The van der Waals surface area contributed by atoms with Gasteiger partial charge in [-0.1, -0.05) is 0 Å². The minimum Gasteiger partial charge on any atom is -0.497 e. The molecule has 0 bridgehead atoms. The summed E-state index contributed by atoms with van der Waals surface area (Å²) in [7, 11) is 4.88. The number of amides is 1. The largest absolute Gasteiger partial charge is 0.497 e. The van der Waals surface area contributed by atoms with Gasteiger partial charge in [0.15, 0.2) is 5.82 Å². The molecular weight excluding hydrogens is 486 g/mol. The highest BCUT2D eigenvalue weighted by Gasteiger charge is 2.18. The van der Waals surface area contributed by atoms with Crippen molar-refractivity contribution in [1.29, 1.82) is 0 Å². The van der Waals surface area contributed by atoms with Crippen LogP contribution in [0.25, 0.3) is 17.1 Å². The van der Waals surface area contributed by atoms with Crippen LogP contribution in [0.15, 0.2) is 73.1 Å². The summed E-state index contributed by atoms with van der Waals surface area (Å²) < 4.78 is 19.9. The normalized spacial score (nSPS) is 10.7. The van der Waals surface area contributed by atoms with E-state index in [2.05, 4.69) is 25.5 Å². The highest BCUT2D eigenvalue weighted by atomic mass is 16.5. The number of ether oxygens (including phenoxy) is 3. The summed E-state index contributed by atoms with van der Waals surface area (Å²) >= 11 is 0. The van der Waals surface area contributed by atoms with Crippen LogP contribution < -0.4 is 19.5 Å². The lowest BCUT2D eigenvalue weighted by molar-refractivity contribution is 0.101. The Balaban J connectivity index is 1.30. The molecule has 0 radical (unpaired) electrons. The molecule has 1 amide bonds. The van der Waals surface area contributed by atoms with Gasteiger partial charge in [0.1, 0.15) is 28.8 Å². The Bertz CT molecular complexity index is 1580. The molecule has 5 rings (SSSR count). The number of carbonyl (C=O) groups excluding carboxylic acids is 1. The van der Waals surface area contributed by atoms with Gasteiger partial charge in [-0.2, -0.15) is 15.2 Å². The first-order chi connectivity index (χ1) is 18.4. The van der Waals surface area contributed by atoms with Gasteiger partial charge >= 0.3 is 0 Å². The molecule has 11 nitrogen and oxygen atoms in total.